The number of hydrogen-bond donors (Lipinski definition) is 0. The Labute approximate surface area is 139 Å². The molecule has 0 radical (unpaired) electrons. The number of aryl methyl sites for hydroxylation is 1. The molecule has 0 fully saturated rings. The number of nitrogens with zero attached hydrogens (tertiary/aromatic N) is 1. The van der Waals surface area contributed by atoms with Crippen LogP contribution in [0.3, 0.4) is 0 Å². The van der Waals surface area contributed by atoms with Gasteiger partial charge in [0.2, 0.25) is 0 Å². The van der Waals surface area contributed by atoms with Gasteiger partial charge >= 0.3 is 5.97 Å². The van der Waals surface area contributed by atoms with E-state index in [4.69, 9.17) is 0 Å². The van der Waals surface area contributed by atoms with Gasteiger partial charge in [0, 0.05) is 25.4 Å². The average Bonchev–Trinajstić information content (AvgIpc) is 2.54. The van der Waals surface area contributed by atoms with Crippen molar-refractivity contribution in [2.24, 2.45) is 0 Å². The molecule has 1 aromatic rings. The Hall–Kier alpha value is -2.29. The molecule has 3 nitrogen and oxygen atoms in total. The summed E-state index contributed by atoms with van der Waals surface area (Å²) in [5.41, 5.74) is 6.10. The first-order chi connectivity index (χ1) is 11.0. The monoisotopic (exact) mass is 311 g/mol. The van der Waals surface area contributed by atoms with Gasteiger partial charge in [-0.05, 0) is 61.1 Å². The Morgan fingerprint density at radius 1 is 1.30 bits per heavy atom. The second kappa shape index (κ2) is 7.82. The lowest BCUT2D eigenvalue weighted by molar-refractivity contribution is -0.134. The standard InChI is InChI=1S/C20H25NO2/c1-15(13-20(22)23-4)7-5-8-16(2)17-10-11-19-18(14-17)9-6-12-21(19)3/h5,7-8,10-11,13-14H,6,9,12H2,1-4H3/b7-5+,15-13+,16-8+. The number of anilines is 1. The summed E-state index contributed by atoms with van der Waals surface area (Å²) in [6.45, 7) is 5.12. The molecule has 122 valence electrons. The fourth-order valence-electron chi connectivity index (χ4n) is 2.76. The van der Waals surface area contributed by atoms with Gasteiger partial charge in [0.05, 0.1) is 7.11 Å². The largest absolute Gasteiger partial charge is 0.466 e. The second-order valence-corrected chi connectivity index (χ2v) is 5.99. The molecule has 0 aliphatic carbocycles. The number of fused-ring (bicyclic) bond motifs is 1. The molecule has 0 bridgehead atoms. The van der Waals surface area contributed by atoms with E-state index >= 15 is 0 Å². The van der Waals surface area contributed by atoms with Gasteiger partial charge in [-0.3, -0.25) is 0 Å². The number of methoxy groups -OCH3 is 1. The first-order valence-corrected chi connectivity index (χ1v) is 7.97. The molecule has 2 rings (SSSR count). The van der Waals surface area contributed by atoms with E-state index in [1.807, 2.05) is 19.1 Å². The molecule has 0 N–H and O–H groups in total. The van der Waals surface area contributed by atoms with E-state index in [0.29, 0.717) is 0 Å². The number of benzene rings is 1. The average molecular weight is 311 g/mol. The summed E-state index contributed by atoms with van der Waals surface area (Å²) in [5, 5.41) is 0. The number of allylic oxidation sites excluding steroid dienone is 5. The van der Waals surface area contributed by atoms with E-state index in [1.165, 1.54) is 42.0 Å². The minimum atomic E-state index is -0.327. The predicted molar refractivity (Wildman–Crippen MR) is 96.6 cm³/mol. The third-order valence-corrected chi connectivity index (χ3v) is 4.14. The normalized spacial score (nSPS) is 15.7. The molecular formula is C20H25NO2. The summed E-state index contributed by atoms with van der Waals surface area (Å²) in [5.74, 6) is -0.327. The van der Waals surface area contributed by atoms with Crippen LogP contribution < -0.4 is 4.90 Å². The molecule has 0 saturated carbocycles. The van der Waals surface area contributed by atoms with Gasteiger partial charge in [0.15, 0.2) is 0 Å². The Morgan fingerprint density at radius 3 is 2.83 bits per heavy atom. The van der Waals surface area contributed by atoms with Crippen LogP contribution in [0.15, 0.2) is 48.1 Å². The summed E-state index contributed by atoms with van der Waals surface area (Å²) in [4.78, 5) is 13.5. The van der Waals surface area contributed by atoms with Crippen molar-refractivity contribution in [1.29, 1.82) is 0 Å². The highest BCUT2D eigenvalue weighted by atomic mass is 16.5. The third kappa shape index (κ3) is 4.59. The van der Waals surface area contributed by atoms with Gasteiger partial charge in [0.1, 0.15) is 0 Å². The van der Waals surface area contributed by atoms with Gasteiger partial charge in [-0.2, -0.15) is 0 Å². The highest BCUT2D eigenvalue weighted by Gasteiger charge is 2.13. The lowest BCUT2D eigenvalue weighted by Gasteiger charge is -2.27. The molecule has 0 spiro atoms. The summed E-state index contributed by atoms with van der Waals surface area (Å²) < 4.78 is 4.61. The maximum Gasteiger partial charge on any atom is 0.330 e. The maximum atomic E-state index is 11.2. The van der Waals surface area contributed by atoms with Crippen LogP contribution in [0.5, 0.6) is 0 Å². The first-order valence-electron chi connectivity index (χ1n) is 7.97. The Kier molecular flexibility index (Phi) is 5.80. The molecular weight excluding hydrogens is 286 g/mol. The van der Waals surface area contributed by atoms with Crippen LogP contribution in [-0.2, 0) is 16.0 Å². The highest BCUT2D eigenvalue weighted by molar-refractivity contribution is 5.83. The molecule has 0 atom stereocenters. The van der Waals surface area contributed by atoms with Crippen molar-refractivity contribution < 1.29 is 9.53 Å². The SMILES string of the molecule is COC(=O)/C=C(C)/C=C/C=C(\C)c1ccc2c(c1)CCCN2C. The summed E-state index contributed by atoms with van der Waals surface area (Å²) in [6, 6.07) is 6.69. The van der Waals surface area contributed by atoms with Gasteiger partial charge in [-0.15, -0.1) is 0 Å². The summed E-state index contributed by atoms with van der Waals surface area (Å²) in [6.07, 6.45) is 9.80. The fraction of sp³-hybridized carbons (Fsp3) is 0.350. The van der Waals surface area contributed by atoms with Gasteiger partial charge < -0.3 is 9.64 Å². The van der Waals surface area contributed by atoms with E-state index in [2.05, 4.69) is 47.9 Å². The number of carbonyl (C=O) groups is 1. The van der Waals surface area contributed by atoms with E-state index in [9.17, 15) is 4.79 Å². The Bertz CT molecular complexity index is 668. The Balaban J connectivity index is 2.12. The van der Waals surface area contributed by atoms with E-state index < -0.39 is 0 Å². The van der Waals surface area contributed by atoms with Gasteiger partial charge in [-0.1, -0.05) is 24.3 Å². The number of carbonyl (C=O) groups excluding carboxylic acids is 1. The number of hydrogen-bond acceptors (Lipinski definition) is 3. The summed E-state index contributed by atoms with van der Waals surface area (Å²) >= 11 is 0. The molecule has 0 aromatic heterocycles. The molecule has 3 heteroatoms. The van der Waals surface area contributed by atoms with E-state index in [1.54, 1.807) is 0 Å². The van der Waals surface area contributed by atoms with Gasteiger partial charge in [0.25, 0.3) is 0 Å². The van der Waals surface area contributed by atoms with Crippen LogP contribution in [0.2, 0.25) is 0 Å². The molecule has 1 aliphatic heterocycles. The molecule has 1 heterocycles. The molecule has 0 amide bonds. The molecule has 0 saturated heterocycles. The Morgan fingerprint density at radius 2 is 2.09 bits per heavy atom. The number of esters is 1. The fourth-order valence-corrected chi connectivity index (χ4v) is 2.76. The zero-order valence-corrected chi connectivity index (χ0v) is 14.4. The van der Waals surface area contributed by atoms with Crippen LogP contribution in [-0.4, -0.2) is 26.7 Å². The van der Waals surface area contributed by atoms with Crippen molar-refractivity contribution in [3.05, 3.63) is 59.2 Å². The predicted octanol–water partition coefficient (Wildman–Crippen LogP) is 4.15. The van der Waals surface area contributed by atoms with Crippen molar-refractivity contribution in [2.45, 2.75) is 26.7 Å². The molecule has 23 heavy (non-hydrogen) atoms. The van der Waals surface area contributed by atoms with Crippen molar-refractivity contribution in [3.63, 3.8) is 0 Å². The minimum Gasteiger partial charge on any atom is -0.466 e. The van der Waals surface area contributed by atoms with E-state index in [0.717, 1.165) is 18.5 Å². The van der Waals surface area contributed by atoms with Crippen molar-refractivity contribution in [2.75, 3.05) is 25.6 Å². The topological polar surface area (TPSA) is 29.5 Å². The number of rotatable bonds is 4. The zero-order chi connectivity index (χ0) is 16.8. The van der Waals surface area contributed by atoms with Crippen molar-refractivity contribution in [1.82, 2.24) is 0 Å². The lowest BCUT2D eigenvalue weighted by atomic mass is 9.97. The molecule has 1 aliphatic rings. The highest BCUT2D eigenvalue weighted by Crippen LogP contribution is 2.29. The van der Waals surface area contributed by atoms with Crippen LogP contribution >= 0.6 is 0 Å². The lowest BCUT2D eigenvalue weighted by Crippen LogP contribution is -2.24. The zero-order valence-electron chi connectivity index (χ0n) is 14.4. The smallest absolute Gasteiger partial charge is 0.330 e. The van der Waals surface area contributed by atoms with Crippen molar-refractivity contribution in [3.8, 4) is 0 Å². The van der Waals surface area contributed by atoms with Gasteiger partial charge in [-0.25, -0.2) is 4.79 Å². The van der Waals surface area contributed by atoms with Crippen LogP contribution in [0.4, 0.5) is 5.69 Å². The van der Waals surface area contributed by atoms with Crippen molar-refractivity contribution >= 4 is 17.2 Å². The number of ether oxygens (including phenoxy) is 1. The molecule has 1 aromatic carbocycles. The maximum absolute atomic E-state index is 11.2. The molecule has 0 unspecified atom stereocenters. The quantitative estimate of drug-likeness (QED) is 0.475. The van der Waals surface area contributed by atoms with E-state index in [-0.39, 0.29) is 5.97 Å². The first kappa shape index (κ1) is 17.1. The minimum absolute atomic E-state index is 0.327. The third-order valence-electron chi connectivity index (χ3n) is 4.14. The van der Waals surface area contributed by atoms with Crippen LogP contribution in [0, 0.1) is 0 Å². The van der Waals surface area contributed by atoms with Crippen LogP contribution in [0.1, 0.15) is 31.4 Å². The second-order valence-electron chi connectivity index (χ2n) is 5.99. The summed E-state index contributed by atoms with van der Waals surface area (Å²) in [7, 11) is 3.53. The van der Waals surface area contributed by atoms with Crippen LogP contribution in [0.25, 0.3) is 5.57 Å².